The molecule has 6 nitrogen and oxygen atoms in total. The van der Waals surface area contributed by atoms with Gasteiger partial charge in [0.2, 0.25) is 5.95 Å². The van der Waals surface area contributed by atoms with Gasteiger partial charge in [-0.05, 0) is 23.6 Å². The number of benzene rings is 2. The molecule has 0 spiro atoms. The van der Waals surface area contributed by atoms with Crippen LogP contribution >= 0.6 is 0 Å². The normalized spacial score (nSPS) is 10.9. The number of para-hydroxylation sites is 1. The third kappa shape index (κ3) is 2.44. The lowest BCUT2D eigenvalue weighted by Crippen LogP contribution is -2.01. The predicted octanol–water partition coefficient (Wildman–Crippen LogP) is 3.64. The number of pyridine rings is 1. The third-order valence-corrected chi connectivity index (χ3v) is 3.80. The molecule has 2 aromatic carbocycles. The maximum Gasteiger partial charge on any atom is 0.340 e. The second-order valence-electron chi connectivity index (χ2n) is 5.32. The fraction of sp³-hybridized carbons (Fsp3) is 0.0556. The van der Waals surface area contributed by atoms with E-state index in [0.717, 1.165) is 10.8 Å². The Balaban J connectivity index is 1.72. The summed E-state index contributed by atoms with van der Waals surface area (Å²) in [7, 11) is 1.36. The number of ether oxygens (including phenoxy) is 1. The molecular formula is C18H14N4O2. The number of aromatic nitrogens is 3. The number of aromatic amines is 1. The standard InChI is InChI=1S/C18H14N4O2/c1-24-17(23)13-7-4-8-14-16(13)22-18(20-14)21-15-9-11-5-2-3-6-12(11)10-19-15/h2-10H,1H3,(H2,19,20,21,22). The van der Waals surface area contributed by atoms with E-state index in [1.807, 2.05) is 36.4 Å². The van der Waals surface area contributed by atoms with Gasteiger partial charge in [-0.3, -0.25) is 0 Å². The number of methoxy groups -OCH3 is 1. The Morgan fingerprint density at radius 3 is 2.79 bits per heavy atom. The van der Waals surface area contributed by atoms with Crippen LogP contribution in [0.3, 0.4) is 0 Å². The summed E-state index contributed by atoms with van der Waals surface area (Å²) in [5, 5.41) is 5.29. The van der Waals surface area contributed by atoms with Crippen LogP contribution in [0, 0.1) is 0 Å². The van der Waals surface area contributed by atoms with Crippen molar-refractivity contribution < 1.29 is 9.53 Å². The first-order chi connectivity index (χ1) is 11.7. The van der Waals surface area contributed by atoms with Crippen LogP contribution in [0.5, 0.6) is 0 Å². The summed E-state index contributed by atoms with van der Waals surface area (Å²) in [6.45, 7) is 0. The van der Waals surface area contributed by atoms with Crippen LogP contribution in [-0.4, -0.2) is 28.0 Å². The zero-order valence-corrected chi connectivity index (χ0v) is 12.9. The molecule has 0 saturated heterocycles. The van der Waals surface area contributed by atoms with Crippen LogP contribution in [0.2, 0.25) is 0 Å². The van der Waals surface area contributed by atoms with E-state index in [1.165, 1.54) is 7.11 Å². The largest absolute Gasteiger partial charge is 0.465 e. The van der Waals surface area contributed by atoms with Crippen molar-refractivity contribution in [2.75, 3.05) is 12.4 Å². The molecule has 0 unspecified atom stereocenters. The van der Waals surface area contributed by atoms with Gasteiger partial charge in [0, 0.05) is 11.6 Å². The first-order valence-electron chi connectivity index (χ1n) is 7.43. The number of esters is 1. The molecule has 0 radical (unpaired) electrons. The highest BCUT2D eigenvalue weighted by Crippen LogP contribution is 2.22. The molecule has 0 bridgehead atoms. The van der Waals surface area contributed by atoms with Gasteiger partial charge in [0.15, 0.2) is 0 Å². The summed E-state index contributed by atoms with van der Waals surface area (Å²) < 4.78 is 4.80. The quantitative estimate of drug-likeness (QED) is 0.564. The van der Waals surface area contributed by atoms with Gasteiger partial charge in [0.1, 0.15) is 5.82 Å². The molecule has 118 valence electrons. The summed E-state index contributed by atoms with van der Waals surface area (Å²) in [4.78, 5) is 23.8. The number of carbonyl (C=O) groups is 1. The Labute approximate surface area is 137 Å². The third-order valence-electron chi connectivity index (χ3n) is 3.80. The monoisotopic (exact) mass is 318 g/mol. The molecule has 2 heterocycles. The molecule has 0 fully saturated rings. The number of hydrogen-bond acceptors (Lipinski definition) is 5. The van der Waals surface area contributed by atoms with Crippen LogP contribution in [0.25, 0.3) is 21.8 Å². The maximum atomic E-state index is 11.8. The van der Waals surface area contributed by atoms with Gasteiger partial charge < -0.3 is 15.0 Å². The number of fused-ring (bicyclic) bond motifs is 2. The maximum absolute atomic E-state index is 11.8. The zero-order valence-electron chi connectivity index (χ0n) is 12.9. The fourth-order valence-corrected chi connectivity index (χ4v) is 2.64. The van der Waals surface area contributed by atoms with Gasteiger partial charge in [0.25, 0.3) is 0 Å². The van der Waals surface area contributed by atoms with Crippen molar-refractivity contribution in [2.24, 2.45) is 0 Å². The number of rotatable bonds is 3. The van der Waals surface area contributed by atoms with E-state index < -0.39 is 5.97 Å². The number of carbonyl (C=O) groups excluding carboxylic acids is 1. The second-order valence-corrected chi connectivity index (χ2v) is 5.32. The van der Waals surface area contributed by atoms with Crippen molar-refractivity contribution in [3.05, 3.63) is 60.3 Å². The number of nitrogens with one attached hydrogen (secondary N) is 2. The van der Waals surface area contributed by atoms with Gasteiger partial charge in [-0.2, -0.15) is 0 Å². The van der Waals surface area contributed by atoms with Crippen LogP contribution in [0.1, 0.15) is 10.4 Å². The zero-order chi connectivity index (χ0) is 16.5. The van der Waals surface area contributed by atoms with Crippen molar-refractivity contribution in [1.82, 2.24) is 15.0 Å². The molecule has 4 rings (SSSR count). The number of nitrogens with zero attached hydrogens (tertiary/aromatic N) is 2. The van der Waals surface area contributed by atoms with Crippen molar-refractivity contribution in [2.45, 2.75) is 0 Å². The Hall–Kier alpha value is -3.41. The highest BCUT2D eigenvalue weighted by molar-refractivity contribution is 6.02. The lowest BCUT2D eigenvalue weighted by Gasteiger charge is -2.03. The molecule has 6 heteroatoms. The van der Waals surface area contributed by atoms with Gasteiger partial charge in [-0.15, -0.1) is 0 Å². The molecular weight excluding hydrogens is 304 g/mol. The lowest BCUT2D eigenvalue weighted by atomic mass is 10.2. The Morgan fingerprint density at radius 1 is 1.12 bits per heavy atom. The summed E-state index contributed by atoms with van der Waals surface area (Å²) >= 11 is 0. The minimum absolute atomic E-state index is 0.403. The fourth-order valence-electron chi connectivity index (χ4n) is 2.64. The average Bonchev–Trinajstić information content (AvgIpc) is 3.03. The highest BCUT2D eigenvalue weighted by atomic mass is 16.5. The Bertz CT molecular complexity index is 1060. The summed E-state index contributed by atoms with van der Waals surface area (Å²) in [6, 6.07) is 15.2. The van der Waals surface area contributed by atoms with Crippen molar-refractivity contribution in [3.63, 3.8) is 0 Å². The molecule has 0 saturated carbocycles. The molecule has 0 aliphatic heterocycles. The minimum atomic E-state index is -0.403. The average molecular weight is 318 g/mol. The van der Waals surface area contributed by atoms with Crippen LogP contribution in [0.15, 0.2) is 54.7 Å². The predicted molar refractivity (Wildman–Crippen MR) is 92.5 cm³/mol. The molecule has 2 aromatic heterocycles. The number of hydrogen-bond donors (Lipinski definition) is 2. The number of H-pyrrole nitrogens is 1. The molecule has 4 aromatic rings. The highest BCUT2D eigenvalue weighted by Gasteiger charge is 2.13. The van der Waals surface area contributed by atoms with E-state index in [9.17, 15) is 4.79 Å². The van der Waals surface area contributed by atoms with Crippen molar-refractivity contribution in [1.29, 1.82) is 0 Å². The SMILES string of the molecule is COC(=O)c1cccc2nc(Nc3cc4ccccc4cn3)[nH]c12. The van der Waals surface area contributed by atoms with Gasteiger partial charge in [0.05, 0.1) is 23.7 Å². The summed E-state index contributed by atoms with van der Waals surface area (Å²) in [5.74, 6) is 0.788. The van der Waals surface area contributed by atoms with Gasteiger partial charge >= 0.3 is 5.97 Å². The second kappa shape index (κ2) is 5.66. The van der Waals surface area contributed by atoms with Gasteiger partial charge in [-0.25, -0.2) is 14.8 Å². The van der Waals surface area contributed by atoms with E-state index in [0.29, 0.717) is 28.4 Å². The van der Waals surface area contributed by atoms with Crippen molar-refractivity contribution >= 4 is 39.5 Å². The molecule has 2 N–H and O–H groups in total. The van der Waals surface area contributed by atoms with Gasteiger partial charge in [-0.1, -0.05) is 30.3 Å². The molecule has 0 aliphatic rings. The summed E-state index contributed by atoms with van der Waals surface area (Å²) in [5.41, 5.74) is 1.76. The summed E-state index contributed by atoms with van der Waals surface area (Å²) in [6.07, 6.45) is 1.81. The first kappa shape index (κ1) is 14.2. The van der Waals surface area contributed by atoms with Crippen LogP contribution < -0.4 is 5.32 Å². The Kier molecular flexibility index (Phi) is 3.35. The van der Waals surface area contributed by atoms with E-state index in [-0.39, 0.29) is 0 Å². The first-order valence-corrected chi connectivity index (χ1v) is 7.43. The smallest absolute Gasteiger partial charge is 0.340 e. The number of anilines is 2. The van der Waals surface area contributed by atoms with E-state index in [2.05, 4.69) is 20.3 Å². The van der Waals surface area contributed by atoms with Crippen molar-refractivity contribution in [3.8, 4) is 0 Å². The molecule has 24 heavy (non-hydrogen) atoms. The molecule has 0 amide bonds. The lowest BCUT2D eigenvalue weighted by molar-refractivity contribution is 0.0603. The Morgan fingerprint density at radius 2 is 1.96 bits per heavy atom. The van der Waals surface area contributed by atoms with E-state index >= 15 is 0 Å². The minimum Gasteiger partial charge on any atom is -0.465 e. The molecule has 0 aliphatic carbocycles. The van der Waals surface area contributed by atoms with Crippen LogP contribution in [0.4, 0.5) is 11.8 Å². The van der Waals surface area contributed by atoms with E-state index in [1.54, 1.807) is 18.3 Å². The van der Waals surface area contributed by atoms with Crippen LogP contribution in [-0.2, 0) is 4.74 Å². The molecule has 0 atom stereocenters. The topological polar surface area (TPSA) is 79.9 Å². The number of imidazole rings is 1. The van der Waals surface area contributed by atoms with E-state index in [4.69, 9.17) is 4.74 Å².